The predicted octanol–water partition coefficient (Wildman–Crippen LogP) is 3.30. The summed E-state index contributed by atoms with van der Waals surface area (Å²) in [7, 11) is -0.389. The molecule has 1 rings (SSSR count). The molecule has 0 fully saturated rings. The zero-order chi connectivity index (χ0) is 18.0. The predicted molar refractivity (Wildman–Crippen MR) is 97.2 cm³/mol. The molecule has 0 aliphatic carbocycles. The van der Waals surface area contributed by atoms with Crippen LogP contribution in [0, 0.1) is 0 Å². The molecule has 6 heteroatoms. The number of amides is 1. The first-order valence-electron chi connectivity index (χ1n) is 8.66. The summed E-state index contributed by atoms with van der Waals surface area (Å²) in [5.74, 6) is 0.0514. The van der Waals surface area contributed by atoms with Crippen LogP contribution in [0.5, 0.6) is 0 Å². The average molecular weight is 355 g/mol. The Bertz CT molecular complexity index is 595. The minimum absolute atomic E-state index is 0.0514. The molecule has 0 saturated heterocycles. The van der Waals surface area contributed by atoms with Gasteiger partial charge in [0.15, 0.2) is 0 Å². The van der Waals surface area contributed by atoms with Crippen molar-refractivity contribution in [3.05, 3.63) is 29.8 Å². The molecule has 0 aliphatic rings. The highest BCUT2D eigenvalue weighted by atomic mass is 32.2. The Morgan fingerprint density at radius 2 is 1.58 bits per heavy atom. The third-order valence-electron chi connectivity index (χ3n) is 3.95. The molecule has 0 aliphatic heterocycles. The van der Waals surface area contributed by atoms with Gasteiger partial charge in [-0.25, -0.2) is 12.7 Å². The van der Waals surface area contributed by atoms with Crippen molar-refractivity contribution in [3.8, 4) is 0 Å². The smallest absolute Gasteiger partial charge is 0.242 e. The Hall–Kier alpha value is -1.40. The van der Waals surface area contributed by atoms with Crippen molar-refractivity contribution in [1.82, 2.24) is 9.62 Å². The maximum absolute atomic E-state index is 12.0. The van der Waals surface area contributed by atoms with E-state index < -0.39 is 10.0 Å². The lowest BCUT2D eigenvalue weighted by atomic mass is 10.1. The Morgan fingerprint density at radius 3 is 2.17 bits per heavy atom. The quantitative estimate of drug-likeness (QED) is 0.620. The van der Waals surface area contributed by atoms with Crippen molar-refractivity contribution < 1.29 is 13.2 Å². The highest BCUT2D eigenvalue weighted by molar-refractivity contribution is 7.89. The summed E-state index contributed by atoms with van der Waals surface area (Å²) in [6.45, 7) is 2.62. The number of carbonyl (C=O) groups excluding carboxylic acids is 1. The zero-order valence-electron chi connectivity index (χ0n) is 15.0. The summed E-state index contributed by atoms with van der Waals surface area (Å²) in [5.41, 5.74) is 0.893. The molecule has 1 aromatic carbocycles. The first kappa shape index (κ1) is 20.6. The SMILES string of the molecule is CCCCCCCCC(=O)NCc1ccc(S(=O)(=O)N(C)C)cc1. The van der Waals surface area contributed by atoms with Gasteiger partial charge in [0.1, 0.15) is 0 Å². The van der Waals surface area contributed by atoms with Crippen LogP contribution in [0.25, 0.3) is 0 Å². The van der Waals surface area contributed by atoms with Crippen molar-refractivity contribution in [2.75, 3.05) is 14.1 Å². The van der Waals surface area contributed by atoms with Crippen LogP contribution in [0.4, 0.5) is 0 Å². The second kappa shape index (κ2) is 10.5. The van der Waals surface area contributed by atoms with Gasteiger partial charge in [0.05, 0.1) is 4.90 Å². The summed E-state index contributed by atoms with van der Waals surface area (Å²) in [5, 5.41) is 2.88. The lowest BCUT2D eigenvalue weighted by molar-refractivity contribution is -0.121. The number of hydrogen-bond donors (Lipinski definition) is 1. The third kappa shape index (κ3) is 7.01. The number of carbonyl (C=O) groups is 1. The molecule has 0 bridgehead atoms. The van der Waals surface area contributed by atoms with Gasteiger partial charge in [-0.05, 0) is 24.1 Å². The molecule has 0 unspecified atom stereocenters. The van der Waals surface area contributed by atoms with Crippen molar-refractivity contribution in [2.45, 2.75) is 63.3 Å². The van der Waals surface area contributed by atoms with Crippen molar-refractivity contribution in [1.29, 1.82) is 0 Å². The largest absolute Gasteiger partial charge is 0.352 e. The molecule has 136 valence electrons. The molecule has 1 aromatic rings. The zero-order valence-corrected chi connectivity index (χ0v) is 15.9. The molecule has 0 atom stereocenters. The van der Waals surface area contributed by atoms with E-state index in [9.17, 15) is 13.2 Å². The fraction of sp³-hybridized carbons (Fsp3) is 0.611. The van der Waals surface area contributed by atoms with E-state index in [2.05, 4.69) is 12.2 Å². The standard InChI is InChI=1S/C18H30N2O3S/c1-4-5-6-7-8-9-10-18(21)19-15-16-11-13-17(14-12-16)24(22,23)20(2)3/h11-14H,4-10,15H2,1-3H3,(H,19,21). The lowest BCUT2D eigenvalue weighted by Gasteiger charge is -2.12. The molecule has 5 nitrogen and oxygen atoms in total. The summed E-state index contributed by atoms with van der Waals surface area (Å²) < 4.78 is 25.1. The van der Waals surface area contributed by atoms with Crippen LogP contribution in [0.1, 0.15) is 57.4 Å². The molecular weight excluding hydrogens is 324 g/mol. The van der Waals surface area contributed by atoms with Gasteiger partial charge in [0, 0.05) is 27.1 Å². The minimum atomic E-state index is -3.40. The van der Waals surface area contributed by atoms with Gasteiger partial charge >= 0.3 is 0 Å². The first-order valence-corrected chi connectivity index (χ1v) is 10.1. The Balaban J connectivity index is 2.34. The summed E-state index contributed by atoms with van der Waals surface area (Å²) in [4.78, 5) is 12.1. The lowest BCUT2D eigenvalue weighted by Crippen LogP contribution is -2.23. The molecule has 1 amide bonds. The van der Waals surface area contributed by atoms with E-state index in [1.54, 1.807) is 24.3 Å². The van der Waals surface area contributed by atoms with Crippen molar-refractivity contribution in [3.63, 3.8) is 0 Å². The van der Waals surface area contributed by atoms with Crippen LogP contribution in [0.3, 0.4) is 0 Å². The van der Waals surface area contributed by atoms with Crippen LogP contribution >= 0.6 is 0 Å². The fourth-order valence-electron chi connectivity index (χ4n) is 2.35. The Labute approximate surface area is 146 Å². The van der Waals surface area contributed by atoms with E-state index in [-0.39, 0.29) is 10.8 Å². The fourth-order valence-corrected chi connectivity index (χ4v) is 3.25. The van der Waals surface area contributed by atoms with Gasteiger partial charge in [-0.1, -0.05) is 51.2 Å². The van der Waals surface area contributed by atoms with E-state index in [1.807, 2.05) is 0 Å². The first-order chi connectivity index (χ1) is 11.4. The number of benzene rings is 1. The van der Waals surface area contributed by atoms with E-state index in [0.717, 1.165) is 18.4 Å². The number of sulfonamides is 1. The second-order valence-corrected chi connectivity index (χ2v) is 8.38. The number of hydrogen-bond acceptors (Lipinski definition) is 3. The molecule has 0 saturated carbocycles. The second-order valence-electron chi connectivity index (χ2n) is 6.23. The number of rotatable bonds is 11. The van der Waals surface area contributed by atoms with E-state index in [1.165, 1.54) is 44.1 Å². The molecular formula is C18H30N2O3S. The van der Waals surface area contributed by atoms with Crippen LogP contribution in [-0.4, -0.2) is 32.7 Å². The summed E-state index contributed by atoms with van der Waals surface area (Å²) >= 11 is 0. The van der Waals surface area contributed by atoms with Gasteiger partial charge in [-0.3, -0.25) is 4.79 Å². The number of nitrogens with one attached hydrogen (secondary N) is 1. The van der Waals surface area contributed by atoms with Crippen LogP contribution in [0.15, 0.2) is 29.2 Å². The highest BCUT2D eigenvalue weighted by Gasteiger charge is 2.16. The summed E-state index contributed by atoms with van der Waals surface area (Å²) in [6.07, 6.45) is 7.53. The van der Waals surface area contributed by atoms with Crippen LogP contribution in [-0.2, 0) is 21.4 Å². The number of unbranched alkanes of at least 4 members (excludes halogenated alkanes) is 5. The monoisotopic (exact) mass is 354 g/mol. The van der Waals surface area contributed by atoms with Gasteiger partial charge in [0.2, 0.25) is 15.9 Å². The van der Waals surface area contributed by atoms with Crippen molar-refractivity contribution >= 4 is 15.9 Å². The molecule has 1 N–H and O–H groups in total. The van der Waals surface area contributed by atoms with Gasteiger partial charge < -0.3 is 5.32 Å². The van der Waals surface area contributed by atoms with Gasteiger partial charge in [-0.2, -0.15) is 0 Å². The molecule has 0 aromatic heterocycles. The number of nitrogens with zero attached hydrogens (tertiary/aromatic N) is 1. The Morgan fingerprint density at radius 1 is 1.00 bits per heavy atom. The highest BCUT2D eigenvalue weighted by Crippen LogP contribution is 2.14. The third-order valence-corrected chi connectivity index (χ3v) is 5.78. The van der Waals surface area contributed by atoms with Crippen LogP contribution in [0.2, 0.25) is 0 Å². The van der Waals surface area contributed by atoms with E-state index in [4.69, 9.17) is 0 Å². The maximum atomic E-state index is 12.0. The van der Waals surface area contributed by atoms with Crippen molar-refractivity contribution in [2.24, 2.45) is 0 Å². The Kier molecular flexibility index (Phi) is 9.00. The molecule has 24 heavy (non-hydrogen) atoms. The minimum Gasteiger partial charge on any atom is -0.352 e. The van der Waals surface area contributed by atoms with Gasteiger partial charge in [-0.15, -0.1) is 0 Å². The van der Waals surface area contributed by atoms with Crippen LogP contribution < -0.4 is 5.32 Å². The molecule has 0 heterocycles. The molecule has 0 spiro atoms. The summed E-state index contributed by atoms with van der Waals surface area (Å²) in [6, 6.07) is 6.62. The topological polar surface area (TPSA) is 66.5 Å². The van der Waals surface area contributed by atoms with Gasteiger partial charge in [0.25, 0.3) is 0 Å². The maximum Gasteiger partial charge on any atom is 0.242 e. The molecule has 0 radical (unpaired) electrons. The van der Waals surface area contributed by atoms with E-state index >= 15 is 0 Å². The normalized spacial score (nSPS) is 11.7. The average Bonchev–Trinajstić information content (AvgIpc) is 2.56. The van der Waals surface area contributed by atoms with E-state index in [0.29, 0.717) is 13.0 Å².